The first-order valence-corrected chi connectivity index (χ1v) is 6.77. The molecule has 2 rings (SSSR count). The number of anilines is 1. The number of ether oxygens (including phenoxy) is 1. The molecule has 2 aromatic rings. The summed E-state index contributed by atoms with van der Waals surface area (Å²) in [6, 6.07) is 5.70. The lowest BCUT2D eigenvalue weighted by Crippen LogP contribution is -2.06. The predicted octanol–water partition coefficient (Wildman–Crippen LogP) is 2.82. The number of nitrogens with one attached hydrogen (secondary N) is 1. The number of halogens is 1. The normalized spacial score (nSPS) is 10.3. The van der Waals surface area contributed by atoms with Gasteiger partial charge in [0.05, 0.1) is 7.11 Å². The van der Waals surface area contributed by atoms with E-state index in [0.29, 0.717) is 12.4 Å². The van der Waals surface area contributed by atoms with Crippen molar-refractivity contribution in [3.05, 3.63) is 40.4 Å². The first kappa shape index (κ1) is 13.7. The van der Waals surface area contributed by atoms with Crippen LogP contribution in [0.15, 0.2) is 29.0 Å². The number of pyridine rings is 1. The lowest BCUT2D eigenvalue weighted by molar-refractivity contribution is 0.393. The van der Waals surface area contributed by atoms with Crippen LogP contribution in [-0.2, 0) is 13.0 Å². The van der Waals surface area contributed by atoms with Gasteiger partial charge in [0.1, 0.15) is 16.2 Å². The molecule has 2 aromatic heterocycles. The Bertz CT molecular complexity index is 562. The highest BCUT2D eigenvalue weighted by Crippen LogP contribution is 2.17. The van der Waals surface area contributed by atoms with Gasteiger partial charge in [0.25, 0.3) is 0 Å². The number of rotatable bonds is 5. The quantitative estimate of drug-likeness (QED) is 0.858. The number of aromatic nitrogens is 3. The molecule has 0 atom stereocenters. The molecule has 0 amide bonds. The summed E-state index contributed by atoms with van der Waals surface area (Å²) >= 11 is 3.38. The van der Waals surface area contributed by atoms with Gasteiger partial charge in [0.2, 0.25) is 5.88 Å². The Kier molecular flexibility index (Phi) is 4.68. The molecule has 0 aliphatic heterocycles. The zero-order valence-electron chi connectivity index (χ0n) is 10.9. The average molecular weight is 323 g/mol. The van der Waals surface area contributed by atoms with Gasteiger partial charge in [-0.05, 0) is 22.0 Å². The topological polar surface area (TPSA) is 59.9 Å². The zero-order valence-corrected chi connectivity index (χ0v) is 12.4. The fourth-order valence-electron chi connectivity index (χ4n) is 1.64. The number of nitrogens with zero attached hydrogens (tertiary/aromatic N) is 3. The first-order valence-electron chi connectivity index (χ1n) is 5.98. The van der Waals surface area contributed by atoms with Crippen LogP contribution in [0.25, 0.3) is 0 Å². The highest BCUT2D eigenvalue weighted by molar-refractivity contribution is 9.10. The Balaban J connectivity index is 2.12. The van der Waals surface area contributed by atoms with Crippen molar-refractivity contribution < 1.29 is 4.74 Å². The van der Waals surface area contributed by atoms with Crippen molar-refractivity contribution in [2.75, 3.05) is 12.4 Å². The second-order valence-electron chi connectivity index (χ2n) is 3.87. The van der Waals surface area contributed by atoms with E-state index in [1.54, 1.807) is 13.3 Å². The molecule has 0 radical (unpaired) electrons. The average Bonchev–Trinajstić information content (AvgIpc) is 2.44. The first-order chi connectivity index (χ1) is 9.22. The SMILES string of the molecule is CCc1nc(Br)cc(NCc2cccnc2OC)n1. The van der Waals surface area contributed by atoms with Crippen molar-refractivity contribution in [3.8, 4) is 5.88 Å². The van der Waals surface area contributed by atoms with Crippen LogP contribution in [-0.4, -0.2) is 22.1 Å². The van der Waals surface area contributed by atoms with Crippen molar-refractivity contribution >= 4 is 21.7 Å². The molecule has 0 saturated carbocycles. The molecule has 2 heterocycles. The molecule has 0 bridgehead atoms. The van der Waals surface area contributed by atoms with Crippen LogP contribution in [0.4, 0.5) is 5.82 Å². The zero-order chi connectivity index (χ0) is 13.7. The predicted molar refractivity (Wildman–Crippen MR) is 77.2 cm³/mol. The van der Waals surface area contributed by atoms with Gasteiger partial charge in [-0.3, -0.25) is 0 Å². The molecule has 0 spiro atoms. The number of hydrogen-bond acceptors (Lipinski definition) is 5. The highest BCUT2D eigenvalue weighted by Gasteiger charge is 2.05. The van der Waals surface area contributed by atoms with Crippen LogP contribution in [0.3, 0.4) is 0 Å². The fourth-order valence-corrected chi connectivity index (χ4v) is 2.06. The van der Waals surface area contributed by atoms with Crippen LogP contribution >= 0.6 is 15.9 Å². The molecular formula is C13H15BrN4O. The summed E-state index contributed by atoms with van der Waals surface area (Å²) in [6.45, 7) is 2.62. The molecule has 0 aromatic carbocycles. The maximum atomic E-state index is 5.21. The maximum Gasteiger partial charge on any atom is 0.218 e. The van der Waals surface area contributed by atoms with Crippen LogP contribution in [0.5, 0.6) is 5.88 Å². The van der Waals surface area contributed by atoms with E-state index < -0.39 is 0 Å². The maximum absolute atomic E-state index is 5.21. The van der Waals surface area contributed by atoms with E-state index in [9.17, 15) is 0 Å². The Morgan fingerprint density at radius 1 is 1.37 bits per heavy atom. The third kappa shape index (κ3) is 3.64. The smallest absolute Gasteiger partial charge is 0.218 e. The van der Waals surface area contributed by atoms with E-state index in [4.69, 9.17) is 4.74 Å². The number of methoxy groups -OCH3 is 1. The standard InChI is InChI=1S/C13H15BrN4O/c1-3-11-17-10(14)7-12(18-11)16-8-9-5-4-6-15-13(9)19-2/h4-7H,3,8H2,1-2H3,(H,16,17,18). The molecule has 19 heavy (non-hydrogen) atoms. The van der Waals surface area contributed by atoms with Crippen molar-refractivity contribution in [1.29, 1.82) is 0 Å². The van der Waals surface area contributed by atoms with E-state index in [2.05, 4.69) is 36.2 Å². The van der Waals surface area contributed by atoms with E-state index >= 15 is 0 Å². The molecule has 100 valence electrons. The van der Waals surface area contributed by atoms with Crippen molar-refractivity contribution in [2.24, 2.45) is 0 Å². The van der Waals surface area contributed by atoms with Gasteiger partial charge in [-0.15, -0.1) is 0 Å². The van der Waals surface area contributed by atoms with Gasteiger partial charge >= 0.3 is 0 Å². The van der Waals surface area contributed by atoms with Crippen molar-refractivity contribution in [2.45, 2.75) is 19.9 Å². The van der Waals surface area contributed by atoms with E-state index in [1.165, 1.54) is 0 Å². The monoisotopic (exact) mass is 322 g/mol. The largest absolute Gasteiger partial charge is 0.481 e. The lowest BCUT2D eigenvalue weighted by Gasteiger charge is -2.09. The summed E-state index contributed by atoms with van der Waals surface area (Å²) in [7, 11) is 1.61. The summed E-state index contributed by atoms with van der Waals surface area (Å²) in [5.41, 5.74) is 0.984. The third-order valence-electron chi connectivity index (χ3n) is 2.56. The van der Waals surface area contributed by atoms with Crippen LogP contribution in [0.2, 0.25) is 0 Å². The van der Waals surface area contributed by atoms with Crippen molar-refractivity contribution in [3.63, 3.8) is 0 Å². The van der Waals surface area contributed by atoms with Gasteiger partial charge in [0.15, 0.2) is 0 Å². The van der Waals surface area contributed by atoms with E-state index in [0.717, 1.165) is 28.2 Å². The molecule has 1 N–H and O–H groups in total. The van der Waals surface area contributed by atoms with Gasteiger partial charge < -0.3 is 10.1 Å². The van der Waals surface area contributed by atoms with Gasteiger partial charge in [-0.25, -0.2) is 15.0 Å². The van der Waals surface area contributed by atoms with Gasteiger partial charge in [-0.2, -0.15) is 0 Å². The molecule has 0 unspecified atom stereocenters. The van der Waals surface area contributed by atoms with Crippen LogP contribution in [0, 0.1) is 0 Å². The Morgan fingerprint density at radius 3 is 2.95 bits per heavy atom. The van der Waals surface area contributed by atoms with E-state index in [-0.39, 0.29) is 0 Å². The number of aryl methyl sites for hydroxylation is 1. The Labute approximate surface area is 120 Å². The Morgan fingerprint density at radius 2 is 2.21 bits per heavy atom. The molecular weight excluding hydrogens is 308 g/mol. The molecule has 0 fully saturated rings. The van der Waals surface area contributed by atoms with Crippen LogP contribution in [0.1, 0.15) is 18.3 Å². The molecule has 0 saturated heterocycles. The minimum atomic E-state index is 0.601. The summed E-state index contributed by atoms with van der Waals surface area (Å²) in [6.07, 6.45) is 2.50. The summed E-state index contributed by atoms with van der Waals surface area (Å²) in [4.78, 5) is 12.8. The van der Waals surface area contributed by atoms with E-state index in [1.807, 2.05) is 25.1 Å². The number of hydrogen-bond donors (Lipinski definition) is 1. The summed E-state index contributed by atoms with van der Waals surface area (Å²) in [5.74, 6) is 2.21. The Hall–Kier alpha value is -1.69. The fraction of sp³-hybridized carbons (Fsp3) is 0.308. The highest BCUT2D eigenvalue weighted by atomic mass is 79.9. The van der Waals surface area contributed by atoms with Crippen molar-refractivity contribution in [1.82, 2.24) is 15.0 Å². The molecule has 5 nitrogen and oxygen atoms in total. The van der Waals surface area contributed by atoms with Gasteiger partial charge in [0, 0.05) is 30.8 Å². The lowest BCUT2D eigenvalue weighted by atomic mass is 10.2. The minimum Gasteiger partial charge on any atom is -0.481 e. The molecule has 6 heteroatoms. The second kappa shape index (κ2) is 6.47. The van der Waals surface area contributed by atoms with Crippen LogP contribution < -0.4 is 10.1 Å². The minimum absolute atomic E-state index is 0.601. The molecule has 0 aliphatic rings. The summed E-state index contributed by atoms with van der Waals surface area (Å²) < 4.78 is 5.99. The molecule has 0 aliphatic carbocycles. The second-order valence-corrected chi connectivity index (χ2v) is 4.68. The summed E-state index contributed by atoms with van der Waals surface area (Å²) in [5, 5.41) is 3.25. The van der Waals surface area contributed by atoms with Gasteiger partial charge in [-0.1, -0.05) is 13.0 Å². The third-order valence-corrected chi connectivity index (χ3v) is 2.97.